The number of aliphatic carboxylic acids is 1. The monoisotopic (exact) mass is 633 g/mol. The standard InChI is InChI=1S/C35H43F4NO5/c36-30-12-8-27(9-13-30)26-4-1-3-23(6-7-26)17-24-14-15-34(45-22-24,28-10-11-28)33(43)40-21-25-18-29(35(37,38)39)20-31(19-25)44-16-2-5-32(41)42/h8-9,12-13,18-20,23-24,26,28H,1-7,10-11,14-17,21-22H2,(H,40,43)(H,41,42)/t23?,24?,26?,34-/m0/s1. The van der Waals surface area contributed by atoms with Crippen LogP contribution in [-0.2, 0) is 27.0 Å². The number of hydrogen-bond acceptors (Lipinski definition) is 4. The summed E-state index contributed by atoms with van der Waals surface area (Å²) >= 11 is 0. The van der Waals surface area contributed by atoms with Crippen molar-refractivity contribution in [2.75, 3.05) is 13.2 Å². The summed E-state index contributed by atoms with van der Waals surface area (Å²) in [5.41, 5.74) is -0.384. The molecule has 1 heterocycles. The van der Waals surface area contributed by atoms with E-state index in [1.807, 2.05) is 12.1 Å². The number of ether oxygens (including phenoxy) is 2. The topological polar surface area (TPSA) is 84.9 Å². The van der Waals surface area contributed by atoms with Crippen molar-refractivity contribution in [3.63, 3.8) is 0 Å². The van der Waals surface area contributed by atoms with E-state index >= 15 is 0 Å². The molecule has 45 heavy (non-hydrogen) atoms. The molecule has 6 nitrogen and oxygen atoms in total. The molecule has 2 N–H and O–H groups in total. The first-order valence-electron chi connectivity index (χ1n) is 16.3. The third kappa shape index (κ3) is 8.99. The SMILES string of the molecule is O=C(O)CCCOc1cc(CNC(=O)[C@@]2(C3CC3)CCC(CC3CCCC(c4ccc(F)cc4)CC3)CO2)cc(C(F)(F)F)c1. The minimum Gasteiger partial charge on any atom is -0.494 e. The molecule has 0 bridgehead atoms. The molecular weight excluding hydrogens is 590 g/mol. The van der Waals surface area contributed by atoms with Gasteiger partial charge >= 0.3 is 12.1 Å². The van der Waals surface area contributed by atoms with Gasteiger partial charge in [-0.1, -0.05) is 25.0 Å². The van der Waals surface area contributed by atoms with Gasteiger partial charge in [-0.3, -0.25) is 9.59 Å². The maximum atomic E-state index is 13.6. The van der Waals surface area contributed by atoms with Gasteiger partial charge in [-0.2, -0.15) is 13.2 Å². The lowest BCUT2D eigenvalue weighted by molar-refractivity contribution is -0.164. The van der Waals surface area contributed by atoms with Crippen LogP contribution < -0.4 is 10.1 Å². The number of halogens is 4. The van der Waals surface area contributed by atoms with Crippen molar-refractivity contribution in [2.45, 2.75) is 101 Å². The molecule has 1 saturated heterocycles. The number of hydrogen-bond donors (Lipinski definition) is 2. The van der Waals surface area contributed by atoms with Gasteiger partial charge < -0.3 is 19.9 Å². The maximum absolute atomic E-state index is 13.6. The van der Waals surface area contributed by atoms with Gasteiger partial charge in [-0.05, 0) is 123 Å². The first-order chi connectivity index (χ1) is 21.5. The molecule has 4 atom stereocenters. The third-order valence-electron chi connectivity index (χ3n) is 9.77. The van der Waals surface area contributed by atoms with Gasteiger partial charge in [0, 0.05) is 13.0 Å². The first kappa shape index (κ1) is 33.2. The minimum atomic E-state index is -4.60. The molecule has 2 aromatic carbocycles. The first-order valence-corrected chi connectivity index (χ1v) is 16.3. The van der Waals surface area contributed by atoms with Crippen LogP contribution in [0, 0.1) is 23.6 Å². The Bertz CT molecular complexity index is 1300. The molecule has 3 unspecified atom stereocenters. The fraction of sp³-hybridized carbons (Fsp3) is 0.600. The lowest BCUT2D eigenvalue weighted by atomic mass is 9.79. The fourth-order valence-electron chi connectivity index (χ4n) is 7.17. The molecule has 2 saturated carbocycles. The molecule has 1 amide bonds. The lowest BCUT2D eigenvalue weighted by Crippen LogP contribution is -2.53. The Labute approximate surface area is 261 Å². The Morgan fingerprint density at radius 2 is 1.76 bits per heavy atom. The smallest absolute Gasteiger partial charge is 0.416 e. The van der Waals surface area contributed by atoms with Crippen molar-refractivity contribution in [2.24, 2.45) is 17.8 Å². The summed E-state index contributed by atoms with van der Waals surface area (Å²) in [6.45, 7) is 0.362. The Kier molecular flexibility index (Phi) is 10.7. The number of rotatable bonds is 12. The van der Waals surface area contributed by atoms with E-state index in [1.54, 1.807) is 0 Å². The van der Waals surface area contributed by atoms with Crippen LogP contribution in [0.5, 0.6) is 5.75 Å². The average molecular weight is 634 g/mol. The summed E-state index contributed by atoms with van der Waals surface area (Å²) in [4.78, 5) is 24.3. The molecule has 10 heteroatoms. The van der Waals surface area contributed by atoms with Gasteiger partial charge in [-0.15, -0.1) is 0 Å². The number of benzene rings is 2. The molecule has 0 aromatic heterocycles. The van der Waals surface area contributed by atoms with Crippen LogP contribution >= 0.6 is 0 Å². The predicted octanol–water partition coefficient (Wildman–Crippen LogP) is 8.03. The maximum Gasteiger partial charge on any atom is 0.416 e. The summed E-state index contributed by atoms with van der Waals surface area (Å²) < 4.78 is 66.0. The second kappa shape index (κ2) is 14.5. The summed E-state index contributed by atoms with van der Waals surface area (Å²) in [5.74, 6) is 0.0157. The second-order valence-electron chi connectivity index (χ2n) is 13.1. The second-order valence-corrected chi connectivity index (χ2v) is 13.1. The van der Waals surface area contributed by atoms with Crippen LogP contribution in [0.15, 0.2) is 42.5 Å². The zero-order valence-corrected chi connectivity index (χ0v) is 25.5. The van der Waals surface area contributed by atoms with E-state index in [0.29, 0.717) is 30.8 Å². The normalized spacial score (nSPS) is 25.7. The van der Waals surface area contributed by atoms with Crippen LogP contribution in [0.1, 0.15) is 99.7 Å². The molecular formula is C35H43F4NO5. The number of carboxylic acids is 1. The molecule has 0 spiro atoms. The van der Waals surface area contributed by atoms with Crippen molar-refractivity contribution in [3.05, 3.63) is 65.0 Å². The van der Waals surface area contributed by atoms with Gasteiger partial charge in [0.25, 0.3) is 5.91 Å². The summed E-state index contributed by atoms with van der Waals surface area (Å²) in [6.07, 6.45) is 5.33. The summed E-state index contributed by atoms with van der Waals surface area (Å²) in [6, 6.07) is 10.2. The molecule has 3 aliphatic rings. The largest absolute Gasteiger partial charge is 0.494 e. The van der Waals surface area contributed by atoms with Gasteiger partial charge in [0.2, 0.25) is 0 Å². The number of nitrogens with one attached hydrogen (secondary N) is 1. The number of carbonyl (C=O) groups is 2. The van der Waals surface area contributed by atoms with E-state index in [0.717, 1.165) is 69.9 Å². The van der Waals surface area contributed by atoms with Crippen molar-refractivity contribution < 1.29 is 41.7 Å². The van der Waals surface area contributed by atoms with Crippen molar-refractivity contribution in [3.8, 4) is 5.75 Å². The molecule has 1 aliphatic heterocycles. The van der Waals surface area contributed by atoms with Crippen LogP contribution in [0.3, 0.4) is 0 Å². The highest BCUT2D eigenvalue weighted by molar-refractivity contribution is 5.86. The van der Waals surface area contributed by atoms with Gasteiger partial charge in [-0.25, -0.2) is 4.39 Å². The number of amides is 1. The van der Waals surface area contributed by atoms with Crippen molar-refractivity contribution in [1.29, 1.82) is 0 Å². The summed E-state index contributed by atoms with van der Waals surface area (Å²) in [7, 11) is 0. The van der Waals surface area contributed by atoms with Gasteiger partial charge in [0.05, 0.1) is 18.8 Å². The van der Waals surface area contributed by atoms with E-state index in [1.165, 1.54) is 23.8 Å². The molecule has 2 aliphatic carbocycles. The van der Waals surface area contributed by atoms with E-state index in [4.69, 9.17) is 14.6 Å². The van der Waals surface area contributed by atoms with Crippen LogP contribution in [-0.4, -0.2) is 35.8 Å². The fourth-order valence-corrected chi connectivity index (χ4v) is 7.17. The Morgan fingerprint density at radius 3 is 2.42 bits per heavy atom. The van der Waals surface area contributed by atoms with Crippen LogP contribution in [0.4, 0.5) is 17.6 Å². The average Bonchev–Trinajstić information content (AvgIpc) is 3.87. The Hall–Kier alpha value is -3.14. The molecule has 3 fully saturated rings. The van der Waals surface area contributed by atoms with E-state index in [2.05, 4.69) is 5.32 Å². The summed E-state index contributed by atoms with van der Waals surface area (Å²) in [5, 5.41) is 11.6. The lowest BCUT2D eigenvalue weighted by Gasteiger charge is -2.40. The van der Waals surface area contributed by atoms with E-state index < -0.39 is 23.3 Å². The third-order valence-corrected chi connectivity index (χ3v) is 9.77. The molecule has 0 radical (unpaired) electrons. The van der Waals surface area contributed by atoms with E-state index in [9.17, 15) is 27.2 Å². The number of alkyl halides is 3. The minimum absolute atomic E-state index is 0.0179. The van der Waals surface area contributed by atoms with Crippen molar-refractivity contribution >= 4 is 11.9 Å². The van der Waals surface area contributed by atoms with Crippen LogP contribution in [0.25, 0.3) is 0 Å². The highest BCUT2D eigenvalue weighted by Crippen LogP contribution is 2.49. The molecule has 2 aromatic rings. The zero-order chi connectivity index (χ0) is 32.0. The van der Waals surface area contributed by atoms with Gasteiger partial charge in [0.1, 0.15) is 17.2 Å². The Balaban J connectivity index is 1.15. The van der Waals surface area contributed by atoms with Crippen LogP contribution in [0.2, 0.25) is 0 Å². The van der Waals surface area contributed by atoms with Crippen molar-refractivity contribution in [1.82, 2.24) is 5.32 Å². The number of carbonyl (C=O) groups excluding carboxylic acids is 1. The molecule has 5 rings (SSSR count). The molecule has 246 valence electrons. The number of carboxylic acid groups (broad SMARTS) is 1. The van der Waals surface area contributed by atoms with Gasteiger partial charge in [0.15, 0.2) is 0 Å². The highest BCUT2D eigenvalue weighted by Gasteiger charge is 2.53. The highest BCUT2D eigenvalue weighted by atomic mass is 19.4. The van der Waals surface area contributed by atoms with E-state index in [-0.39, 0.29) is 54.9 Å². The Morgan fingerprint density at radius 1 is 0.978 bits per heavy atom. The zero-order valence-electron chi connectivity index (χ0n) is 25.5. The predicted molar refractivity (Wildman–Crippen MR) is 160 cm³/mol. The quantitative estimate of drug-likeness (QED) is 0.140.